The maximum atomic E-state index is 9.82. The number of hydrogen-bond acceptors (Lipinski definition) is 3. The van der Waals surface area contributed by atoms with Crippen LogP contribution in [0.5, 0.6) is 0 Å². The summed E-state index contributed by atoms with van der Waals surface area (Å²) in [5.74, 6) is -0.0637. The molecule has 0 radical (unpaired) electrons. The second-order valence-corrected chi connectivity index (χ2v) is 4.25. The van der Waals surface area contributed by atoms with E-state index in [0.29, 0.717) is 21.2 Å². The van der Waals surface area contributed by atoms with Crippen LogP contribution in [0.2, 0.25) is 0 Å². The lowest BCUT2D eigenvalue weighted by Gasteiger charge is -2.28. The lowest BCUT2D eigenvalue weighted by atomic mass is 9.95. The van der Waals surface area contributed by atoms with Crippen molar-refractivity contribution in [1.29, 1.82) is 0 Å². The van der Waals surface area contributed by atoms with Crippen LogP contribution in [0.4, 0.5) is 0 Å². The van der Waals surface area contributed by atoms with E-state index in [0.717, 1.165) is 0 Å². The Hall–Kier alpha value is -1.06. The largest absolute Gasteiger partial charge is 0.507 e. The van der Waals surface area contributed by atoms with Crippen molar-refractivity contribution in [3.63, 3.8) is 0 Å². The molecule has 3 N–H and O–H groups in total. The minimum Gasteiger partial charge on any atom is -0.507 e. The second kappa shape index (κ2) is 3.51. The first-order valence-electron chi connectivity index (χ1n) is 4.35. The maximum Gasteiger partial charge on any atom is 0.191 e. The molecule has 1 atom stereocenters. The van der Waals surface area contributed by atoms with E-state index in [1.54, 1.807) is 19.1 Å². The normalized spacial score (nSPS) is 25.7. The van der Waals surface area contributed by atoms with Crippen LogP contribution in [0.3, 0.4) is 0 Å². The molecule has 0 fully saturated rings. The molecule has 0 amide bonds. The molecule has 0 aromatic rings. The van der Waals surface area contributed by atoms with E-state index in [9.17, 15) is 10.2 Å². The Bertz CT molecular complexity index is 446. The predicted octanol–water partition coefficient (Wildman–Crippen LogP) is 2.82. The average Bonchev–Trinajstić information content (AvgIpc) is 2.13. The number of halogens is 2. The number of fused-ring (bicyclic) bond motifs is 1. The van der Waals surface area contributed by atoms with Crippen molar-refractivity contribution in [2.75, 3.05) is 0 Å². The summed E-state index contributed by atoms with van der Waals surface area (Å²) in [7, 11) is 0. The van der Waals surface area contributed by atoms with Gasteiger partial charge in [-0.1, -0.05) is 23.2 Å². The smallest absolute Gasteiger partial charge is 0.191 e. The molecule has 2 rings (SSSR count). The zero-order valence-corrected chi connectivity index (χ0v) is 9.39. The minimum atomic E-state index is -0.376. The van der Waals surface area contributed by atoms with Gasteiger partial charge in [-0.15, -0.1) is 0 Å². The zero-order valence-electron chi connectivity index (χ0n) is 7.88. The molecule has 0 saturated carbocycles. The standard InChI is InChI=1S/C10H9Cl2NO2/c1-4-9(14)8-6(12)2-5(11)3-7(8)13-10(4)15/h2-3,7,13-15H,1H3. The number of aliphatic hydroxyl groups excluding tert-OH is 2. The Labute approximate surface area is 97.0 Å². The fraction of sp³-hybridized carbons (Fsp3) is 0.200. The zero-order chi connectivity index (χ0) is 11.2. The van der Waals surface area contributed by atoms with E-state index in [1.165, 1.54) is 0 Å². The summed E-state index contributed by atoms with van der Waals surface area (Å²) in [6, 6.07) is -0.376. The van der Waals surface area contributed by atoms with Crippen molar-refractivity contribution in [3.8, 4) is 0 Å². The molecule has 80 valence electrons. The first-order valence-corrected chi connectivity index (χ1v) is 5.11. The lowest BCUT2D eigenvalue weighted by Crippen LogP contribution is -2.35. The van der Waals surface area contributed by atoms with E-state index in [4.69, 9.17) is 23.2 Å². The van der Waals surface area contributed by atoms with Crippen molar-refractivity contribution in [1.82, 2.24) is 5.32 Å². The highest BCUT2D eigenvalue weighted by molar-refractivity contribution is 6.36. The van der Waals surface area contributed by atoms with Gasteiger partial charge in [0.25, 0.3) is 0 Å². The molecule has 0 spiro atoms. The van der Waals surface area contributed by atoms with Crippen molar-refractivity contribution < 1.29 is 10.2 Å². The van der Waals surface area contributed by atoms with Crippen molar-refractivity contribution >= 4 is 23.2 Å². The Balaban J connectivity index is 2.57. The third-order valence-electron chi connectivity index (χ3n) is 2.42. The van der Waals surface area contributed by atoms with E-state index in [-0.39, 0.29) is 17.7 Å². The molecule has 0 saturated heterocycles. The summed E-state index contributed by atoms with van der Waals surface area (Å²) in [5, 5.41) is 23.0. The average molecular weight is 246 g/mol. The highest BCUT2D eigenvalue weighted by Gasteiger charge is 2.29. The fourth-order valence-corrected chi connectivity index (χ4v) is 2.20. The van der Waals surface area contributed by atoms with E-state index in [2.05, 4.69) is 5.32 Å². The summed E-state index contributed by atoms with van der Waals surface area (Å²) in [5.41, 5.74) is 0.913. The molecule has 0 bridgehead atoms. The molecule has 1 heterocycles. The van der Waals surface area contributed by atoms with Gasteiger partial charge in [-0.3, -0.25) is 0 Å². The third-order valence-corrected chi connectivity index (χ3v) is 2.96. The van der Waals surface area contributed by atoms with Gasteiger partial charge in [-0.25, -0.2) is 0 Å². The lowest BCUT2D eigenvalue weighted by molar-refractivity contribution is 0.323. The van der Waals surface area contributed by atoms with Crippen LogP contribution in [0.15, 0.2) is 45.0 Å². The summed E-state index contributed by atoms with van der Waals surface area (Å²) < 4.78 is 0. The number of dihydropyridines is 1. The summed E-state index contributed by atoms with van der Waals surface area (Å²) in [6.07, 6.45) is 3.23. The van der Waals surface area contributed by atoms with Gasteiger partial charge in [0.15, 0.2) is 5.88 Å². The molecular weight excluding hydrogens is 237 g/mol. The molecule has 1 aliphatic carbocycles. The molecule has 3 nitrogen and oxygen atoms in total. The van der Waals surface area contributed by atoms with Crippen LogP contribution >= 0.6 is 23.2 Å². The molecule has 5 heteroatoms. The van der Waals surface area contributed by atoms with Gasteiger partial charge >= 0.3 is 0 Å². The predicted molar refractivity (Wildman–Crippen MR) is 59.8 cm³/mol. The van der Waals surface area contributed by atoms with E-state index in [1.807, 2.05) is 0 Å². The highest BCUT2D eigenvalue weighted by Crippen LogP contribution is 2.35. The molecule has 15 heavy (non-hydrogen) atoms. The van der Waals surface area contributed by atoms with Crippen molar-refractivity contribution in [2.45, 2.75) is 13.0 Å². The molecule has 1 aliphatic heterocycles. The van der Waals surface area contributed by atoms with Gasteiger partial charge in [0.05, 0.1) is 16.6 Å². The molecule has 1 unspecified atom stereocenters. The Morgan fingerprint density at radius 3 is 2.67 bits per heavy atom. The highest BCUT2D eigenvalue weighted by atomic mass is 35.5. The summed E-state index contributed by atoms with van der Waals surface area (Å²) in [4.78, 5) is 0. The molecular formula is C10H9Cl2NO2. The first-order chi connectivity index (χ1) is 7.00. The summed E-state index contributed by atoms with van der Waals surface area (Å²) in [6.45, 7) is 1.60. The Morgan fingerprint density at radius 1 is 1.33 bits per heavy atom. The number of aliphatic hydroxyl groups is 2. The SMILES string of the molecule is CC1=C(O)NC2C=C(Cl)C=C(Cl)C2=C1O. The van der Waals surface area contributed by atoms with E-state index < -0.39 is 0 Å². The van der Waals surface area contributed by atoms with Gasteiger partial charge in [-0.2, -0.15) is 0 Å². The van der Waals surface area contributed by atoms with Crippen LogP contribution in [0.1, 0.15) is 6.92 Å². The minimum absolute atomic E-state index is 0.00193. The van der Waals surface area contributed by atoms with E-state index >= 15 is 0 Å². The van der Waals surface area contributed by atoms with Crippen LogP contribution in [0, 0.1) is 0 Å². The third kappa shape index (κ3) is 1.62. The molecule has 2 aliphatic rings. The van der Waals surface area contributed by atoms with Crippen LogP contribution in [0.25, 0.3) is 0 Å². The van der Waals surface area contributed by atoms with Gasteiger partial charge in [0.2, 0.25) is 0 Å². The Kier molecular flexibility index (Phi) is 2.44. The molecule has 0 aromatic heterocycles. The second-order valence-electron chi connectivity index (χ2n) is 3.40. The quantitative estimate of drug-likeness (QED) is 0.616. The topological polar surface area (TPSA) is 52.5 Å². The van der Waals surface area contributed by atoms with Crippen molar-refractivity contribution in [3.05, 3.63) is 45.0 Å². The number of hydrogen-bond donors (Lipinski definition) is 3. The summed E-state index contributed by atoms with van der Waals surface area (Å²) >= 11 is 11.8. The first kappa shape index (κ1) is 10.5. The maximum absolute atomic E-state index is 9.82. The molecule has 0 aromatic carbocycles. The Morgan fingerprint density at radius 2 is 2.00 bits per heavy atom. The monoisotopic (exact) mass is 245 g/mol. The number of allylic oxidation sites excluding steroid dienone is 3. The van der Waals surface area contributed by atoms with Gasteiger partial charge in [0.1, 0.15) is 5.76 Å². The fourth-order valence-electron chi connectivity index (χ4n) is 1.58. The van der Waals surface area contributed by atoms with Gasteiger partial charge in [0, 0.05) is 10.6 Å². The van der Waals surface area contributed by atoms with Gasteiger partial charge < -0.3 is 15.5 Å². The van der Waals surface area contributed by atoms with Crippen LogP contribution in [-0.2, 0) is 0 Å². The number of nitrogens with one attached hydrogen (secondary N) is 1. The van der Waals surface area contributed by atoms with Crippen molar-refractivity contribution in [2.24, 2.45) is 0 Å². The van der Waals surface area contributed by atoms with Gasteiger partial charge in [-0.05, 0) is 19.1 Å². The number of rotatable bonds is 0. The van der Waals surface area contributed by atoms with Crippen LogP contribution in [-0.4, -0.2) is 16.3 Å². The van der Waals surface area contributed by atoms with Crippen LogP contribution < -0.4 is 5.32 Å².